The third kappa shape index (κ3) is 5.69. The summed E-state index contributed by atoms with van der Waals surface area (Å²) in [5.74, 6) is -0.245. The lowest BCUT2D eigenvalue weighted by molar-refractivity contribution is 0.246. The van der Waals surface area contributed by atoms with Crippen molar-refractivity contribution in [2.45, 2.75) is 31.7 Å². The largest absolute Gasteiger partial charge is 0.377 e. The van der Waals surface area contributed by atoms with Crippen molar-refractivity contribution >= 4 is 34.1 Å². The van der Waals surface area contributed by atoms with Crippen LogP contribution in [-0.2, 0) is 0 Å². The van der Waals surface area contributed by atoms with Crippen molar-refractivity contribution in [2.75, 3.05) is 36.2 Å². The van der Waals surface area contributed by atoms with Gasteiger partial charge in [0.15, 0.2) is 0 Å². The fraction of sp³-hybridized carbons (Fsp3) is 0.360. The van der Waals surface area contributed by atoms with Crippen LogP contribution in [-0.4, -0.2) is 37.7 Å². The van der Waals surface area contributed by atoms with E-state index < -0.39 is 17.7 Å². The van der Waals surface area contributed by atoms with Gasteiger partial charge in [-0.05, 0) is 49.8 Å². The van der Waals surface area contributed by atoms with Crippen molar-refractivity contribution in [3.63, 3.8) is 0 Å². The van der Waals surface area contributed by atoms with E-state index >= 15 is 0 Å². The predicted octanol–water partition coefficient (Wildman–Crippen LogP) is 5.37. The Balaban J connectivity index is 1.27. The second kappa shape index (κ2) is 10.0. The van der Waals surface area contributed by atoms with Gasteiger partial charge >= 0.3 is 6.03 Å². The topological polar surface area (TPSA) is 69.3 Å². The van der Waals surface area contributed by atoms with Gasteiger partial charge in [0.1, 0.15) is 17.5 Å². The molecule has 1 heterocycles. The van der Waals surface area contributed by atoms with E-state index in [4.69, 9.17) is 4.98 Å². The van der Waals surface area contributed by atoms with E-state index in [2.05, 4.69) is 33.0 Å². The highest BCUT2D eigenvalue weighted by molar-refractivity contribution is 5.93. The molecule has 0 saturated heterocycles. The SMILES string of the molecule is CN(C)c1cc(NC2CCC(CNC(=O)Nc3ccc(F)cc3F)CC2)nc2ccccc12. The fourth-order valence-corrected chi connectivity index (χ4v) is 4.32. The number of urea groups is 1. The zero-order valence-electron chi connectivity index (χ0n) is 18.9. The molecule has 4 rings (SSSR count). The van der Waals surface area contributed by atoms with Gasteiger partial charge in [-0.1, -0.05) is 18.2 Å². The summed E-state index contributed by atoms with van der Waals surface area (Å²) in [4.78, 5) is 19.0. The molecular formula is C25H29F2N5O. The average Bonchev–Trinajstić information content (AvgIpc) is 2.80. The van der Waals surface area contributed by atoms with Crippen molar-refractivity contribution in [2.24, 2.45) is 5.92 Å². The summed E-state index contributed by atoms with van der Waals surface area (Å²) in [5.41, 5.74) is 2.05. The number of hydrogen-bond acceptors (Lipinski definition) is 4. The van der Waals surface area contributed by atoms with Crippen LogP contribution in [0.5, 0.6) is 0 Å². The summed E-state index contributed by atoms with van der Waals surface area (Å²) in [6.45, 7) is 0.514. The molecule has 33 heavy (non-hydrogen) atoms. The Morgan fingerprint density at radius 1 is 1.06 bits per heavy atom. The molecule has 3 aromatic rings. The summed E-state index contributed by atoms with van der Waals surface area (Å²) in [6.07, 6.45) is 3.90. The molecule has 0 bridgehead atoms. The maximum absolute atomic E-state index is 13.7. The lowest BCUT2D eigenvalue weighted by Crippen LogP contribution is -2.36. The number of nitrogens with one attached hydrogen (secondary N) is 3. The van der Waals surface area contributed by atoms with Gasteiger partial charge in [0.2, 0.25) is 0 Å². The molecular weight excluding hydrogens is 424 g/mol. The molecule has 0 aliphatic heterocycles. The Labute approximate surface area is 192 Å². The number of rotatable bonds is 6. The molecule has 2 amide bonds. The van der Waals surface area contributed by atoms with E-state index in [1.165, 1.54) is 6.07 Å². The van der Waals surface area contributed by atoms with Crippen LogP contribution >= 0.6 is 0 Å². The second-order valence-corrected chi connectivity index (χ2v) is 8.76. The summed E-state index contributed by atoms with van der Waals surface area (Å²) < 4.78 is 26.7. The van der Waals surface area contributed by atoms with E-state index in [0.29, 0.717) is 18.5 Å². The number of pyridine rings is 1. The minimum Gasteiger partial charge on any atom is -0.377 e. The number of anilines is 3. The maximum atomic E-state index is 13.7. The molecule has 0 unspecified atom stereocenters. The number of carbonyl (C=O) groups excluding carboxylic acids is 1. The first-order valence-corrected chi connectivity index (χ1v) is 11.2. The van der Waals surface area contributed by atoms with E-state index in [9.17, 15) is 13.6 Å². The van der Waals surface area contributed by atoms with Crippen LogP contribution in [0.1, 0.15) is 25.7 Å². The van der Waals surface area contributed by atoms with Gasteiger partial charge < -0.3 is 20.9 Å². The molecule has 2 aromatic carbocycles. The minimum absolute atomic E-state index is 0.0400. The number of fused-ring (bicyclic) bond motifs is 1. The van der Waals surface area contributed by atoms with Gasteiger partial charge in [-0.15, -0.1) is 0 Å². The van der Waals surface area contributed by atoms with Crippen LogP contribution in [0.3, 0.4) is 0 Å². The third-order valence-electron chi connectivity index (χ3n) is 6.11. The number of halogens is 2. The van der Waals surface area contributed by atoms with Crippen LogP contribution in [0.4, 0.5) is 30.8 Å². The van der Waals surface area contributed by atoms with Crippen molar-refractivity contribution in [1.82, 2.24) is 10.3 Å². The molecule has 1 fully saturated rings. The number of para-hydroxylation sites is 1. The van der Waals surface area contributed by atoms with Gasteiger partial charge in [0.05, 0.1) is 11.2 Å². The summed E-state index contributed by atoms with van der Waals surface area (Å²) in [7, 11) is 4.06. The van der Waals surface area contributed by atoms with E-state index in [0.717, 1.165) is 60.2 Å². The highest BCUT2D eigenvalue weighted by Crippen LogP contribution is 2.30. The molecule has 3 N–H and O–H groups in total. The van der Waals surface area contributed by atoms with E-state index in [-0.39, 0.29) is 5.69 Å². The normalized spacial score (nSPS) is 18.1. The van der Waals surface area contributed by atoms with Crippen molar-refractivity contribution < 1.29 is 13.6 Å². The molecule has 0 atom stereocenters. The van der Waals surface area contributed by atoms with Crippen molar-refractivity contribution in [3.8, 4) is 0 Å². The number of hydrogen-bond donors (Lipinski definition) is 3. The zero-order chi connectivity index (χ0) is 23.4. The fourth-order valence-electron chi connectivity index (χ4n) is 4.32. The molecule has 0 radical (unpaired) electrons. The van der Waals surface area contributed by atoms with Crippen LogP contribution in [0.2, 0.25) is 0 Å². The Morgan fingerprint density at radius 2 is 1.82 bits per heavy atom. The molecule has 0 spiro atoms. The van der Waals surface area contributed by atoms with Gasteiger partial charge in [-0.3, -0.25) is 0 Å². The number of carbonyl (C=O) groups is 1. The van der Waals surface area contributed by atoms with Crippen LogP contribution in [0.25, 0.3) is 10.9 Å². The molecule has 174 valence electrons. The number of amides is 2. The lowest BCUT2D eigenvalue weighted by atomic mass is 9.86. The minimum atomic E-state index is -0.795. The van der Waals surface area contributed by atoms with E-state index in [1.54, 1.807) is 0 Å². The Morgan fingerprint density at radius 3 is 2.55 bits per heavy atom. The highest BCUT2D eigenvalue weighted by atomic mass is 19.1. The van der Waals surface area contributed by atoms with Gasteiger partial charge in [0.25, 0.3) is 0 Å². The lowest BCUT2D eigenvalue weighted by Gasteiger charge is -2.30. The first kappa shape index (κ1) is 22.8. The van der Waals surface area contributed by atoms with Crippen molar-refractivity contribution in [3.05, 3.63) is 60.2 Å². The van der Waals surface area contributed by atoms with Gasteiger partial charge in [0, 0.05) is 49.9 Å². The number of aromatic nitrogens is 1. The summed E-state index contributed by atoms with van der Waals surface area (Å²) in [5, 5.41) is 9.94. The van der Waals surface area contributed by atoms with Gasteiger partial charge in [-0.25, -0.2) is 18.6 Å². The smallest absolute Gasteiger partial charge is 0.319 e. The Hall–Kier alpha value is -3.42. The molecule has 1 aliphatic rings. The van der Waals surface area contributed by atoms with Crippen LogP contribution in [0, 0.1) is 17.6 Å². The molecule has 6 nitrogen and oxygen atoms in total. The number of benzene rings is 2. The predicted molar refractivity (Wildman–Crippen MR) is 129 cm³/mol. The standard InChI is InChI=1S/C25H29F2N5O/c1-32(2)23-14-24(30-21-6-4-3-5-19(21)23)29-18-10-7-16(8-11-18)15-28-25(33)31-22-12-9-17(26)13-20(22)27/h3-6,9,12-14,16,18H,7-8,10-11,15H2,1-2H3,(H,29,30)(H2,28,31,33). The number of nitrogens with zero attached hydrogens (tertiary/aromatic N) is 2. The summed E-state index contributed by atoms with van der Waals surface area (Å²) >= 11 is 0. The quantitative estimate of drug-likeness (QED) is 0.469. The maximum Gasteiger partial charge on any atom is 0.319 e. The van der Waals surface area contributed by atoms with Crippen molar-refractivity contribution in [1.29, 1.82) is 0 Å². The van der Waals surface area contributed by atoms with Gasteiger partial charge in [-0.2, -0.15) is 0 Å². The zero-order valence-corrected chi connectivity index (χ0v) is 18.9. The molecule has 1 aromatic heterocycles. The summed E-state index contributed by atoms with van der Waals surface area (Å²) in [6, 6.07) is 13.1. The highest BCUT2D eigenvalue weighted by Gasteiger charge is 2.22. The first-order chi connectivity index (χ1) is 15.9. The molecule has 8 heteroatoms. The monoisotopic (exact) mass is 453 g/mol. The van der Waals surface area contributed by atoms with Crippen LogP contribution < -0.4 is 20.9 Å². The Bertz CT molecular complexity index is 1130. The molecule has 1 saturated carbocycles. The molecule has 1 aliphatic carbocycles. The average molecular weight is 454 g/mol. The second-order valence-electron chi connectivity index (χ2n) is 8.76. The van der Waals surface area contributed by atoms with Crippen LogP contribution in [0.15, 0.2) is 48.5 Å². The Kier molecular flexibility index (Phi) is 6.91. The third-order valence-corrected chi connectivity index (χ3v) is 6.11. The first-order valence-electron chi connectivity index (χ1n) is 11.2. The van der Waals surface area contributed by atoms with E-state index in [1.807, 2.05) is 32.3 Å².